The second kappa shape index (κ2) is 9.90. The molecule has 5 aromatic carbocycles. The van der Waals surface area contributed by atoms with E-state index in [-0.39, 0.29) is 11.8 Å². The van der Waals surface area contributed by atoms with Crippen molar-refractivity contribution in [3.05, 3.63) is 150 Å². The number of benzene rings is 5. The smallest absolute Gasteiger partial charge is 0.268 e. The van der Waals surface area contributed by atoms with Gasteiger partial charge in [0.2, 0.25) is 0 Å². The summed E-state index contributed by atoms with van der Waals surface area (Å²) >= 11 is 0. The predicted octanol–water partition coefficient (Wildman–Crippen LogP) is 8.18. The van der Waals surface area contributed by atoms with Crippen molar-refractivity contribution in [3.63, 3.8) is 0 Å². The van der Waals surface area contributed by atoms with Gasteiger partial charge in [0.15, 0.2) is 0 Å². The lowest BCUT2D eigenvalue weighted by molar-refractivity contribution is 0.0926. The Kier molecular flexibility index (Phi) is 5.71. The quantitative estimate of drug-likeness (QED) is 0.201. The maximum atomic E-state index is 14.3. The molecule has 1 aliphatic heterocycles. The zero-order valence-electron chi connectivity index (χ0n) is 23.3. The van der Waals surface area contributed by atoms with E-state index in [1.54, 1.807) is 18.3 Å². The number of anilines is 1. The van der Waals surface area contributed by atoms with Gasteiger partial charge in [0.25, 0.3) is 11.8 Å². The van der Waals surface area contributed by atoms with E-state index in [0.29, 0.717) is 28.1 Å². The number of carbonyl (C=O) groups is 2. The van der Waals surface area contributed by atoms with Gasteiger partial charge >= 0.3 is 0 Å². The van der Waals surface area contributed by atoms with Crippen molar-refractivity contribution in [2.75, 3.05) is 4.90 Å². The second-order valence-corrected chi connectivity index (χ2v) is 10.7. The molecule has 6 heteroatoms. The van der Waals surface area contributed by atoms with Crippen molar-refractivity contribution < 1.29 is 9.59 Å². The van der Waals surface area contributed by atoms with E-state index in [4.69, 9.17) is 0 Å². The highest BCUT2D eigenvalue weighted by Gasteiger charge is 2.39. The van der Waals surface area contributed by atoms with Gasteiger partial charge < -0.3 is 4.57 Å². The molecule has 206 valence electrons. The summed E-state index contributed by atoms with van der Waals surface area (Å²) in [5.41, 5.74) is 7.63. The largest absolute Gasteiger partial charge is 0.308 e. The molecule has 0 saturated heterocycles. The summed E-state index contributed by atoms with van der Waals surface area (Å²) in [5.74, 6) is -0.730. The maximum absolute atomic E-state index is 14.3. The molecule has 0 spiro atoms. The minimum atomic E-state index is -0.373. The number of nitrogens with zero attached hydrogens (tertiary/aromatic N) is 4. The number of fused-ring (bicyclic) bond motifs is 4. The Morgan fingerprint density at radius 3 is 2.20 bits per heavy atom. The number of pyridine rings is 1. The number of nitriles is 1. The Hall–Kier alpha value is -6.32. The first-order valence-corrected chi connectivity index (χ1v) is 14.2. The Balaban J connectivity index is 1.36. The van der Waals surface area contributed by atoms with Crippen LogP contribution in [0, 0.1) is 11.3 Å². The van der Waals surface area contributed by atoms with E-state index in [0.717, 1.165) is 44.1 Å². The third kappa shape index (κ3) is 3.77. The zero-order valence-corrected chi connectivity index (χ0v) is 23.3. The molecular weight excluding hydrogens is 544 g/mol. The Bertz CT molecular complexity index is 2350. The number of rotatable bonds is 4. The van der Waals surface area contributed by atoms with Crippen LogP contribution in [0.1, 0.15) is 26.3 Å². The second-order valence-electron chi connectivity index (χ2n) is 10.7. The van der Waals surface area contributed by atoms with Crippen LogP contribution in [-0.2, 0) is 0 Å². The van der Waals surface area contributed by atoms with Gasteiger partial charge in [-0.1, -0.05) is 84.9 Å². The van der Waals surface area contributed by atoms with E-state index in [1.807, 2.05) is 97.1 Å². The summed E-state index contributed by atoms with van der Waals surface area (Å²) in [6.45, 7) is 0. The maximum Gasteiger partial charge on any atom is 0.268 e. The lowest BCUT2D eigenvalue weighted by Gasteiger charge is -2.16. The highest BCUT2D eigenvalue weighted by molar-refractivity contribution is 6.36. The van der Waals surface area contributed by atoms with Crippen LogP contribution in [0.4, 0.5) is 5.69 Å². The van der Waals surface area contributed by atoms with Crippen LogP contribution in [-0.4, -0.2) is 21.4 Å². The van der Waals surface area contributed by atoms with Gasteiger partial charge in [0, 0.05) is 34.3 Å². The molecule has 7 aromatic rings. The third-order valence-corrected chi connectivity index (χ3v) is 8.22. The van der Waals surface area contributed by atoms with Crippen LogP contribution in [0.15, 0.2) is 134 Å². The third-order valence-electron chi connectivity index (χ3n) is 8.22. The van der Waals surface area contributed by atoms with E-state index < -0.39 is 0 Å². The molecule has 2 amide bonds. The first-order chi connectivity index (χ1) is 21.6. The first kappa shape index (κ1) is 25.4. The fourth-order valence-corrected chi connectivity index (χ4v) is 6.29. The van der Waals surface area contributed by atoms with Crippen molar-refractivity contribution in [1.82, 2.24) is 9.55 Å². The monoisotopic (exact) mass is 566 g/mol. The molecule has 0 aliphatic carbocycles. The summed E-state index contributed by atoms with van der Waals surface area (Å²) in [5, 5.41) is 11.6. The normalized spacial score (nSPS) is 12.6. The minimum absolute atomic E-state index is 0.351. The van der Waals surface area contributed by atoms with Gasteiger partial charge in [0.05, 0.1) is 39.1 Å². The van der Waals surface area contributed by atoms with Gasteiger partial charge in [-0.3, -0.25) is 14.6 Å². The number of aromatic nitrogens is 2. The average Bonchev–Trinajstić information content (AvgIpc) is 3.56. The standard InChI is InChI=1S/C38H22N4O2/c39-21-24-19-27(23-40-22-24)29-14-7-15-31-30-13-4-5-17-33(30)42(36(29)31)34-18-8-16-32-35(34)38(44)41(37(32)43)28-12-6-11-26(20-28)25-9-2-1-3-10-25/h1-20,22-23H. The number of amides is 2. The van der Waals surface area contributed by atoms with E-state index >= 15 is 0 Å². The van der Waals surface area contributed by atoms with Crippen LogP contribution in [0.3, 0.4) is 0 Å². The highest BCUT2D eigenvalue weighted by Crippen LogP contribution is 2.41. The molecule has 44 heavy (non-hydrogen) atoms. The molecule has 0 bridgehead atoms. The molecule has 0 unspecified atom stereocenters. The minimum Gasteiger partial charge on any atom is -0.308 e. The van der Waals surface area contributed by atoms with E-state index in [9.17, 15) is 14.9 Å². The van der Waals surface area contributed by atoms with Crippen molar-refractivity contribution >= 4 is 39.3 Å². The van der Waals surface area contributed by atoms with Gasteiger partial charge in [0.1, 0.15) is 6.07 Å². The SMILES string of the molecule is N#Cc1cncc(-c2cccc3c4ccccc4n(-c4cccc5c4C(=O)N(c4cccc(-c6ccccc6)c4)C5=O)c23)c1. The topological polar surface area (TPSA) is 79.0 Å². The summed E-state index contributed by atoms with van der Waals surface area (Å²) in [4.78, 5) is 33.8. The van der Waals surface area contributed by atoms with Gasteiger partial charge in [-0.25, -0.2) is 4.90 Å². The van der Waals surface area contributed by atoms with Gasteiger partial charge in [-0.15, -0.1) is 0 Å². The molecule has 0 N–H and O–H groups in total. The summed E-state index contributed by atoms with van der Waals surface area (Å²) < 4.78 is 2.06. The van der Waals surface area contributed by atoms with Gasteiger partial charge in [-0.05, 0) is 47.5 Å². The summed E-state index contributed by atoms with van der Waals surface area (Å²) in [6.07, 6.45) is 3.28. The van der Waals surface area contributed by atoms with Crippen molar-refractivity contribution in [1.29, 1.82) is 5.26 Å². The van der Waals surface area contributed by atoms with Crippen molar-refractivity contribution in [2.24, 2.45) is 0 Å². The van der Waals surface area contributed by atoms with Crippen LogP contribution in [0.5, 0.6) is 0 Å². The fraction of sp³-hybridized carbons (Fsp3) is 0. The van der Waals surface area contributed by atoms with Crippen molar-refractivity contribution in [2.45, 2.75) is 0 Å². The zero-order chi connectivity index (χ0) is 29.8. The molecule has 1 aliphatic rings. The molecule has 6 nitrogen and oxygen atoms in total. The molecular formula is C38H22N4O2. The molecule has 2 aromatic heterocycles. The van der Waals surface area contributed by atoms with Crippen LogP contribution in [0.2, 0.25) is 0 Å². The molecule has 0 radical (unpaired) electrons. The number of imide groups is 1. The summed E-state index contributed by atoms with van der Waals surface area (Å²) in [7, 11) is 0. The number of hydrogen-bond acceptors (Lipinski definition) is 4. The van der Waals surface area contributed by atoms with Crippen molar-refractivity contribution in [3.8, 4) is 34.0 Å². The highest BCUT2D eigenvalue weighted by atomic mass is 16.2. The van der Waals surface area contributed by atoms with E-state index in [2.05, 4.69) is 27.8 Å². The Labute approximate surface area is 252 Å². The molecule has 0 fully saturated rings. The molecule has 3 heterocycles. The molecule has 0 saturated carbocycles. The predicted molar refractivity (Wildman–Crippen MR) is 172 cm³/mol. The first-order valence-electron chi connectivity index (χ1n) is 14.2. The fourth-order valence-electron chi connectivity index (χ4n) is 6.29. The number of carbonyl (C=O) groups excluding carboxylic acids is 2. The van der Waals surface area contributed by atoms with Crippen LogP contribution >= 0.6 is 0 Å². The number of para-hydroxylation sites is 2. The summed E-state index contributed by atoms with van der Waals surface area (Å²) in [6, 6.07) is 40.9. The van der Waals surface area contributed by atoms with Crippen LogP contribution in [0.25, 0.3) is 49.7 Å². The Morgan fingerprint density at radius 2 is 1.34 bits per heavy atom. The lowest BCUT2D eigenvalue weighted by Crippen LogP contribution is -2.29. The molecule has 0 atom stereocenters. The Morgan fingerprint density at radius 1 is 0.614 bits per heavy atom. The average molecular weight is 567 g/mol. The number of hydrogen-bond donors (Lipinski definition) is 0. The lowest BCUT2D eigenvalue weighted by atomic mass is 10.0. The van der Waals surface area contributed by atoms with Crippen LogP contribution < -0.4 is 4.90 Å². The van der Waals surface area contributed by atoms with E-state index in [1.165, 1.54) is 11.1 Å². The van der Waals surface area contributed by atoms with Gasteiger partial charge in [-0.2, -0.15) is 5.26 Å². The molecule has 8 rings (SSSR count).